The topological polar surface area (TPSA) is 102 Å². The molecule has 0 aromatic heterocycles. The number of hydrazine groups is 1. The molecule has 0 saturated carbocycles. The van der Waals surface area contributed by atoms with Gasteiger partial charge in [0, 0.05) is 25.3 Å². The van der Waals surface area contributed by atoms with Crippen LogP contribution in [0, 0.1) is 5.92 Å². The van der Waals surface area contributed by atoms with Crippen LogP contribution < -0.4 is 11.1 Å². The SMILES string of the molecule is NC1C=CN(N2C[C@H](CO)[C@H]2CO)C(=O)N1. The Bertz CT molecular complexity index is 309. The molecule has 7 heteroatoms. The van der Waals surface area contributed by atoms with Gasteiger partial charge in [-0.3, -0.25) is 0 Å². The average molecular weight is 228 g/mol. The smallest absolute Gasteiger partial charge is 0.337 e. The second-order valence-corrected chi connectivity index (χ2v) is 3.98. The van der Waals surface area contributed by atoms with Gasteiger partial charge in [0.2, 0.25) is 0 Å². The van der Waals surface area contributed by atoms with E-state index in [1.54, 1.807) is 17.3 Å². The predicted molar refractivity (Wildman–Crippen MR) is 55.6 cm³/mol. The van der Waals surface area contributed by atoms with Crippen LogP contribution in [0.15, 0.2) is 12.3 Å². The minimum Gasteiger partial charge on any atom is -0.396 e. The molecule has 1 saturated heterocycles. The van der Waals surface area contributed by atoms with Gasteiger partial charge in [-0.05, 0) is 6.08 Å². The standard InChI is InChI=1S/C9H16N4O3/c10-8-1-2-12(9(16)11-8)13-3-6(4-14)7(13)5-15/h1-2,6-8,14-15H,3-5,10H2,(H,11,16)/t6-,7-,8?/m1/s1. The van der Waals surface area contributed by atoms with Gasteiger partial charge in [-0.25, -0.2) is 14.8 Å². The third-order valence-corrected chi connectivity index (χ3v) is 2.98. The summed E-state index contributed by atoms with van der Waals surface area (Å²) in [5.74, 6) is 0.0156. The number of nitrogens with one attached hydrogen (secondary N) is 1. The van der Waals surface area contributed by atoms with Crippen molar-refractivity contribution in [3.63, 3.8) is 0 Å². The van der Waals surface area contributed by atoms with E-state index in [1.165, 1.54) is 5.01 Å². The summed E-state index contributed by atoms with van der Waals surface area (Å²) in [6.45, 7) is 0.476. The molecule has 0 aliphatic carbocycles. The fraction of sp³-hybridized carbons (Fsp3) is 0.667. The number of aliphatic hydroxyl groups excluding tert-OH is 2. The molecule has 0 radical (unpaired) electrons. The Kier molecular flexibility index (Phi) is 3.10. The van der Waals surface area contributed by atoms with Crippen molar-refractivity contribution in [1.82, 2.24) is 15.3 Å². The van der Waals surface area contributed by atoms with Gasteiger partial charge < -0.3 is 21.3 Å². The van der Waals surface area contributed by atoms with Gasteiger partial charge in [0.1, 0.15) is 0 Å². The van der Waals surface area contributed by atoms with Crippen LogP contribution in [0.1, 0.15) is 0 Å². The van der Waals surface area contributed by atoms with Crippen molar-refractivity contribution in [2.45, 2.75) is 12.2 Å². The van der Waals surface area contributed by atoms with Crippen LogP contribution in [0.3, 0.4) is 0 Å². The second kappa shape index (κ2) is 4.38. The van der Waals surface area contributed by atoms with Crippen molar-refractivity contribution in [3.05, 3.63) is 12.3 Å². The van der Waals surface area contributed by atoms with Crippen LogP contribution >= 0.6 is 0 Å². The maximum atomic E-state index is 11.6. The predicted octanol–water partition coefficient (Wildman–Crippen LogP) is -1.99. The molecule has 3 atom stereocenters. The third kappa shape index (κ3) is 1.78. The highest BCUT2D eigenvalue weighted by Gasteiger charge is 2.43. The van der Waals surface area contributed by atoms with Crippen LogP contribution in [0.5, 0.6) is 0 Å². The van der Waals surface area contributed by atoms with Crippen molar-refractivity contribution < 1.29 is 15.0 Å². The molecule has 90 valence electrons. The lowest BCUT2D eigenvalue weighted by molar-refractivity contribution is -0.133. The van der Waals surface area contributed by atoms with E-state index >= 15 is 0 Å². The third-order valence-electron chi connectivity index (χ3n) is 2.98. The molecule has 7 nitrogen and oxygen atoms in total. The number of carbonyl (C=O) groups is 1. The van der Waals surface area contributed by atoms with Gasteiger partial charge in [0.25, 0.3) is 0 Å². The van der Waals surface area contributed by atoms with Crippen LogP contribution in [-0.4, -0.2) is 58.2 Å². The first-order valence-corrected chi connectivity index (χ1v) is 5.19. The van der Waals surface area contributed by atoms with E-state index in [1.807, 2.05) is 0 Å². The van der Waals surface area contributed by atoms with Gasteiger partial charge >= 0.3 is 6.03 Å². The average Bonchev–Trinajstić information content (AvgIpc) is 2.21. The van der Waals surface area contributed by atoms with Crippen molar-refractivity contribution >= 4 is 6.03 Å². The summed E-state index contributed by atoms with van der Waals surface area (Å²) in [7, 11) is 0. The highest BCUT2D eigenvalue weighted by atomic mass is 16.3. The van der Waals surface area contributed by atoms with Crippen molar-refractivity contribution in [2.24, 2.45) is 11.7 Å². The zero-order valence-electron chi connectivity index (χ0n) is 8.78. The number of urea groups is 1. The molecule has 2 aliphatic heterocycles. The molecule has 0 aromatic rings. The van der Waals surface area contributed by atoms with Gasteiger partial charge in [-0.15, -0.1) is 0 Å². The first-order valence-electron chi connectivity index (χ1n) is 5.19. The van der Waals surface area contributed by atoms with Gasteiger partial charge in [0.05, 0.1) is 18.8 Å². The maximum Gasteiger partial charge on any atom is 0.337 e. The van der Waals surface area contributed by atoms with E-state index in [-0.39, 0.29) is 31.2 Å². The zero-order chi connectivity index (χ0) is 11.7. The van der Waals surface area contributed by atoms with E-state index < -0.39 is 6.17 Å². The van der Waals surface area contributed by atoms with Crippen molar-refractivity contribution in [2.75, 3.05) is 19.8 Å². The number of rotatable bonds is 3. The molecule has 2 aliphatic rings. The minimum atomic E-state index is -0.466. The number of nitrogens with zero attached hydrogens (tertiary/aromatic N) is 2. The Morgan fingerprint density at radius 3 is 2.81 bits per heavy atom. The summed E-state index contributed by atoms with van der Waals surface area (Å²) in [5, 5.41) is 23.8. The molecule has 5 N–H and O–H groups in total. The molecule has 1 unspecified atom stereocenters. The van der Waals surface area contributed by atoms with E-state index in [2.05, 4.69) is 5.32 Å². The quantitative estimate of drug-likeness (QED) is 0.448. The number of amides is 2. The van der Waals surface area contributed by atoms with Crippen molar-refractivity contribution in [1.29, 1.82) is 0 Å². The molecule has 1 fully saturated rings. The largest absolute Gasteiger partial charge is 0.396 e. The fourth-order valence-corrected chi connectivity index (χ4v) is 1.97. The van der Waals surface area contributed by atoms with Crippen LogP contribution in [0.4, 0.5) is 4.79 Å². The minimum absolute atomic E-state index is 0.0143. The fourth-order valence-electron chi connectivity index (χ4n) is 1.97. The summed E-state index contributed by atoms with van der Waals surface area (Å²) in [6.07, 6.45) is 2.77. The Morgan fingerprint density at radius 1 is 1.50 bits per heavy atom. The summed E-state index contributed by atoms with van der Waals surface area (Å²) in [4.78, 5) is 11.6. The van der Waals surface area contributed by atoms with Crippen LogP contribution in [0.25, 0.3) is 0 Å². The number of hydrogen-bond acceptors (Lipinski definition) is 5. The molecular weight excluding hydrogens is 212 g/mol. The first kappa shape index (κ1) is 11.3. The lowest BCUT2D eigenvalue weighted by Gasteiger charge is -2.51. The molecular formula is C9H16N4O3. The highest BCUT2D eigenvalue weighted by Crippen LogP contribution is 2.27. The van der Waals surface area contributed by atoms with E-state index in [0.29, 0.717) is 6.54 Å². The van der Waals surface area contributed by atoms with Gasteiger partial charge in [0.15, 0.2) is 0 Å². The molecule has 16 heavy (non-hydrogen) atoms. The van der Waals surface area contributed by atoms with Crippen LogP contribution in [0.2, 0.25) is 0 Å². The van der Waals surface area contributed by atoms with E-state index in [0.717, 1.165) is 0 Å². The molecule has 0 spiro atoms. The highest BCUT2D eigenvalue weighted by molar-refractivity contribution is 5.76. The van der Waals surface area contributed by atoms with E-state index in [4.69, 9.17) is 15.9 Å². The molecule has 2 heterocycles. The number of nitrogens with two attached hydrogens (primary N) is 1. The normalized spacial score (nSPS) is 34.8. The molecule has 2 amide bonds. The Hall–Kier alpha value is -1.15. The summed E-state index contributed by atoms with van der Waals surface area (Å²) in [5.41, 5.74) is 5.51. The summed E-state index contributed by atoms with van der Waals surface area (Å²) < 4.78 is 0. The molecule has 2 rings (SSSR count). The Labute approximate surface area is 93.1 Å². The first-order chi connectivity index (χ1) is 7.67. The lowest BCUT2D eigenvalue weighted by Crippen LogP contribution is -2.68. The maximum absolute atomic E-state index is 11.6. The van der Waals surface area contributed by atoms with E-state index in [9.17, 15) is 4.79 Å². The Morgan fingerprint density at radius 2 is 2.25 bits per heavy atom. The van der Waals surface area contributed by atoms with Gasteiger partial charge in [-0.2, -0.15) is 0 Å². The Balaban J connectivity index is 2.03. The molecule has 0 bridgehead atoms. The summed E-state index contributed by atoms with van der Waals surface area (Å²) >= 11 is 0. The van der Waals surface area contributed by atoms with Crippen LogP contribution in [-0.2, 0) is 0 Å². The number of aliphatic hydroxyl groups is 2. The zero-order valence-corrected chi connectivity index (χ0v) is 8.78. The monoisotopic (exact) mass is 228 g/mol. The lowest BCUT2D eigenvalue weighted by atomic mass is 9.92. The van der Waals surface area contributed by atoms with Crippen molar-refractivity contribution in [3.8, 4) is 0 Å². The number of carbonyl (C=O) groups excluding carboxylic acids is 1. The summed E-state index contributed by atoms with van der Waals surface area (Å²) in [6, 6.07) is -0.528. The molecule has 0 aromatic carbocycles. The number of hydrogen-bond donors (Lipinski definition) is 4. The van der Waals surface area contributed by atoms with Gasteiger partial charge in [-0.1, -0.05) is 0 Å². The second-order valence-electron chi connectivity index (χ2n) is 3.98.